The van der Waals surface area contributed by atoms with Crippen molar-refractivity contribution < 1.29 is 4.74 Å². The Morgan fingerprint density at radius 3 is 1.44 bits per heavy atom. The van der Waals surface area contributed by atoms with Gasteiger partial charge >= 0.3 is 0 Å². The average molecular weight is 326 g/mol. The molecule has 0 bridgehead atoms. The largest absolute Gasteiger partial charge is 0.361 e. The molecule has 0 saturated heterocycles. The van der Waals surface area contributed by atoms with Crippen molar-refractivity contribution in [2.75, 3.05) is 6.61 Å². The van der Waals surface area contributed by atoms with Gasteiger partial charge in [0.2, 0.25) is 0 Å². The molecule has 0 amide bonds. The molecule has 0 aliphatic heterocycles. The van der Waals surface area contributed by atoms with Gasteiger partial charge in [-0.05, 0) is 23.1 Å². The van der Waals surface area contributed by atoms with Crippen molar-refractivity contribution in [3.8, 4) is 12.3 Å². The molecule has 0 heterocycles. The van der Waals surface area contributed by atoms with E-state index in [1.807, 2.05) is 18.2 Å². The van der Waals surface area contributed by atoms with Gasteiger partial charge in [0.15, 0.2) is 0 Å². The first-order valence-corrected chi connectivity index (χ1v) is 8.62. The lowest BCUT2D eigenvalue weighted by atomic mass is 9.80. The van der Waals surface area contributed by atoms with Crippen LogP contribution in [0.25, 0.3) is 0 Å². The Kier molecular flexibility index (Phi) is 5.67. The van der Waals surface area contributed by atoms with E-state index in [0.717, 1.165) is 23.1 Å². The second kappa shape index (κ2) is 8.33. The highest BCUT2D eigenvalue weighted by atomic mass is 16.5. The van der Waals surface area contributed by atoms with Crippen molar-refractivity contribution in [1.29, 1.82) is 0 Å². The van der Waals surface area contributed by atoms with Crippen LogP contribution in [0.4, 0.5) is 0 Å². The van der Waals surface area contributed by atoms with Crippen LogP contribution in [0.2, 0.25) is 0 Å². The highest BCUT2D eigenvalue weighted by Gasteiger charge is 2.37. The number of hydrogen-bond donors (Lipinski definition) is 0. The first kappa shape index (κ1) is 17.0. The number of rotatable bonds is 7. The van der Waals surface area contributed by atoms with Crippen LogP contribution in [0.1, 0.15) is 29.5 Å². The summed E-state index contributed by atoms with van der Waals surface area (Å²) < 4.78 is 6.59. The van der Waals surface area contributed by atoms with Gasteiger partial charge in [0.05, 0.1) is 0 Å². The number of hydrogen-bond acceptors (Lipinski definition) is 1. The van der Waals surface area contributed by atoms with Crippen LogP contribution in [-0.4, -0.2) is 6.61 Å². The smallest absolute Gasteiger partial charge is 0.143 e. The van der Waals surface area contributed by atoms with E-state index < -0.39 is 5.60 Å². The van der Waals surface area contributed by atoms with Crippen molar-refractivity contribution >= 4 is 0 Å². The van der Waals surface area contributed by atoms with E-state index in [-0.39, 0.29) is 0 Å². The first-order chi connectivity index (χ1) is 12.4. The monoisotopic (exact) mass is 326 g/mol. The molecule has 0 aromatic heterocycles. The topological polar surface area (TPSA) is 9.23 Å². The lowest BCUT2D eigenvalue weighted by molar-refractivity contribution is 0.0121. The lowest BCUT2D eigenvalue weighted by Crippen LogP contribution is -2.33. The Morgan fingerprint density at radius 2 is 1.08 bits per heavy atom. The van der Waals surface area contributed by atoms with Crippen LogP contribution < -0.4 is 0 Å². The quantitative estimate of drug-likeness (QED) is 0.320. The molecule has 3 aromatic carbocycles. The molecule has 0 aliphatic carbocycles. The van der Waals surface area contributed by atoms with Crippen LogP contribution in [0, 0.1) is 12.3 Å². The standard InChI is InChI=1S/C24H22O/c1-2-3-13-20-25-24(21-14-7-4-8-15-21,22-16-9-5-10-17-22)23-18-11-6-12-19-23/h1,4-12,14-19H,3,13,20H2. The van der Waals surface area contributed by atoms with Crippen LogP contribution in [0.5, 0.6) is 0 Å². The fourth-order valence-electron chi connectivity index (χ4n) is 3.17. The summed E-state index contributed by atoms with van der Waals surface area (Å²) in [4.78, 5) is 0. The molecular weight excluding hydrogens is 304 g/mol. The third-order valence-electron chi connectivity index (χ3n) is 4.32. The van der Waals surface area contributed by atoms with Crippen molar-refractivity contribution in [2.24, 2.45) is 0 Å². The Balaban J connectivity index is 2.15. The van der Waals surface area contributed by atoms with E-state index in [4.69, 9.17) is 11.2 Å². The Bertz CT molecular complexity index is 704. The SMILES string of the molecule is C#CCCCOC(c1ccccc1)(c1ccccc1)c1ccccc1. The van der Waals surface area contributed by atoms with Gasteiger partial charge < -0.3 is 4.74 Å². The molecule has 0 N–H and O–H groups in total. The van der Waals surface area contributed by atoms with Gasteiger partial charge in [-0.15, -0.1) is 12.3 Å². The van der Waals surface area contributed by atoms with Gasteiger partial charge in [-0.1, -0.05) is 91.0 Å². The van der Waals surface area contributed by atoms with Crippen LogP contribution in [0.3, 0.4) is 0 Å². The maximum absolute atomic E-state index is 6.59. The van der Waals surface area contributed by atoms with E-state index >= 15 is 0 Å². The first-order valence-electron chi connectivity index (χ1n) is 8.62. The van der Waals surface area contributed by atoms with E-state index in [1.165, 1.54) is 0 Å². The predicted molar refractivity (Wildman–Crippen MR) is 103 cm³/mol. The van der Waals surface area contributed by atoms with Gasteiger partial charge in [-0.2, -0.15) is 0 Å². The molecule has 0 unspecified atom stereocenters. The molecule has 0 aliphatic rings. The molecule has 0 spiro atoms. The van der Waals surface area contributed by atoms with Gasteiger partial charge in [-0.25, -0.2) is 0 Å². The fourth-order valence-corrected chi connectivity index (χ4v) is 3.17. The minimum atomic E-state index is -0.640. The molecule has 0 saturated carbocycles. The summed E-state index contributed by atoms with van der Waals surface area (Å²) in [5, 5.41) is 0. The van der Waals surface area contributed by atoms with E-state index in [0.29, 0.717) is 13.0 Å². The third kappa shape index (κ3) is 3.65. The Morgan fingerprint density at radius 1 is 0.680 bits per heavy atom. The third-order valence-corrected chi connectivity index (χ3v) is 4.32. The normalized spacial score (nSPS) is 11.0. The molecule has 3 rings (SSSR count). The molecule has 124 valence electrons. The summed E-state index contributed by atoms with van der Waals surface area (Å²) >= 11 is 0. The van der Waals surface area contributed by atoms with E-state index in [2.05, 4.69) is 78.7 Å². The minimum absolute atomic E-state index is 0.600. The second-order valence-corrected chi connectivity index (χ2v) is 5.94. The summed E-state index contributed by atoms with van der Waals surface area (Å²) in [7, 11) is 0. The molecule has 1 nitrogen and oxygen atoms in total. The number of terminal acetylenes is 1. The molecule has 0 radical (unpaired) electrons. The van der Waals surface area contributed by atoms with Crippen LogP contribution in [0.15, 0.2) is 91.0 Å². The zero-order valence-electron chi connectivity index (χ0n) is 14.3. The highest BCUT2D eigenvalue weighted by Crippen LogP contribution is 2.40. The van der Waals surface area contributed by atoms with Gasteiger partial charge in [0, 0.05) is 13.0 Å². The van der Waals surface area contributed by atoms with Gasteiger partial charge in [0.1, 0.15) is 5.60 Å². The fraction of sp³-hybridized carbons (Fsp3) is 0.167. The zero-order valence-corrected chi connectivity index (χ0v) is 14.3. The maximum Gasteiger partial charge on any atom is 0.143 e. The molecule has 25 heavy (non-hydrogen) atoms. The number of benzene rings is 3. The van der Waals surface area contributed by atoms with Crippen molar-refractivity contribution in [3.05, 3.63) is 108 Å². The van der Waals surface area contributed by atoms with Crippen LogP contribution >= 0.6 is 0 Å². The number of ether oxygens (including phenoxy) is 1. The average Bonchev–Trinajstić information content (AvgIpc) is 2.70. The highest BCUT2D eigenvalue weighted by molar-refractivity contribution is 5.47. The van der Waals surface area contributed by atoms with Gasteiger partial charge in [0.25, 0.3) is 0 Å². The predicted octanol–water partition coefficient (Wildman–Crippen LogP) is 5.41. The molecule has 0 atom stereocenters. The molecule has 3 aromatic rings. The lowest BCUT2D eigenvalue weighted by Gasteiger charge is -2.36. The molecule has 0 fully saturated rings. The van der Waals surface area contributed by atoms with Gasteiger partial charge in [-0.3, -0.25) is 0 Å². The van der Waals surface area contributed by atoms with E-state index in [1.54, 1.807) is 0 Å². The second-order valence-electron chi connectivity index (χ2n) is 5.94. The zero-order chi connectivity index (χ0) is 17.4. The molecule has 1 heteroatoms. The Labute approximate surface area is 150 Å². The van der Waals surface area contributed by atoms with Crippen molar-refractivity contribution in [1.82, 2.24) is 0 Å². The maximum atomic E-state index is 6.59. The van der Waals surface area contributed by atoms with E-state index in [9.17, 15) is 0 Å². The Hall–Kier alpha value is -2.82. The van der Waals surface area contributed by atoms with Crippen LogP contribution in [-0.2, 0) is 10.3 Å². The molecular formula is C24H22O. The van der Waals surface area contributed by atoms with Crippen molar-refractivity contribution in [2.45, 2.75) is 18.4 Å². The van der Waals surface area contributed by atoms with Crippen molar-refractivity contribution in [3.63, 3.8) is 0 Å². The minimum Gasteiger partial charge on any atom is -0.361 e. The summed E-state index contributed by atoms with van der Waals surface area (Å²) in [5.74, 6) is 2.69. The number of unbranched alkanes of at least 4 members (excludes halogenated alkanes) is 1. The summed E-state index contributed by atoms with van der Waals surface area (Å²) in [5.41, 5.74) is 2.72. The summed E-state index contributed by atoms with van der Waals surface area (Å²) in [6.07, 6.45) is 6.96. The summed E-state index contributed by atoms with van der Waals surface area (Å²) in [6, 6.07) is 31.2. The summed E-state index contributed by atoms with van der Waals surface area (Å²) in [6.45, 7) is 0.600.